The predicted octanol–water partition coefficient (Wildman–Crippen LogP) is 8.91. The number of halogens is 1. The van der Waals surface area contributed by atoms with E-state index in [0.717, 1.165) is 54.2 Å². The number of furan rings is 1. The first-order valence-electron chi connectivity index (χ1n) is 12.2. The van der Waals surface area contributed by atoms with E-state index < -0.39 is 0 Å². The highest BCUT2D eigenvalue weighted by molar-refractivity contribution is 9.10. The van der Waals surface area contributed by atoms with Crippen molar-refractivity contribution >= 4 is 55.8 Å². The number of hydrogen-bond donors (Lipinski definition) is 1. The molecular formula is C33H22BrN3O. The van der Waals surface area contributed by atoms with Crippen molar-refractivity contribution in [1.82, 2.24) is 0 Å². The number of aliphatic imine (C=N–C) groups is 2. The molecular weight excluding hydrogens is 534 g/mol. The van der Waals surface area contributed by atoms with E-state index in [0.29, 0.717) is 5.84 Å². The van der Waals surface area contributed by atoms with Crippen LogP contribution in [0.2, 0.25) is 0 Å². The molecule has 6 rings (SSSR count). The second kappa shape index (κ2) is 10.4. The molecule has 1 heterocycles. The molecule has 0 saturated heterocycles. The minimum Gasteiger partial charge on any atom is -0.456 e. The van der Waals surface area contributed by atoms with Crippen molar-refractivity contribution < 1.29 is 4.42 Å². The maximum atomic E-state index is 8.55. The molecule has 0 amide bonds. The van der Waals surface area contributed by atoms with Gasteiger partial charge in [-0.25, -0.2) is 9.98 Å². The highest BCUT2D eigenvalue weighted by Crippen LogP contribution is 2.34. The quantitative estimate of drug-likeness (QED) is 0.171. The van der Waals surface area contributed by atoms with Crippen LogP contribution in [-0.4, -0.2) is 17.9 Å². The molecule has 0 bridgehead atoms. The highest BCUT2D eigenvalue weighted by atomic mass is 79.9. The zero-order valence-corrected chi connectivity index (χ0v) is 21.9. The Morgan fingerprint density at radius 2 is 1.39 bits per heavy atom. The normalized spacial score (nSPS) is 12.0. The molecule has 0 atom stereocenters. The average Bonchev–Trinajstić information content (AvgIpc) is 3.34. The van der Waals surface area contributed by atoms with Gasteiger partial charge < -0.3 is 4.42 Å². The Kier molecular flexibility index (Phi) is 6.51. The zero-order chi connectivity index (χ0) is 25.9. The van der Waals surface area contributed by atoms with Crippen LogP contribution in [0.4, 0.5) is 0 Å². The van der Waals surface area contributed by atoms with Gasteiger partial charge in [0.05, 0.1) is 0 Å². The minimum absolute atomic E-state index is 0.159. The number of rotatable bonds is 4. The number of nitrogens with one attached hydrogen (secondary N) is 1. The summed E-state index contributed by atoms with van der Waals surface area (Å²) in [5.41, 5.74) is 6.34. The number of hydrogen-bond acceptors (Lipinski definition) is 2. The fourth-order valence-corrected chi connectivity index (χ4v) is 4.86. The van der Waals surface area contributed by atoms with E-state index in [1.165, 1.54) is 0 Å². The number of nitrogens with zero attached hydrogens (tertiary/aromatic N) is 2. The third kappa shape index (κ3) is 4.84. The summed E-state index contributed by atoms with van der Waals surface area (Å²) in [6, 6.07) is 39.7. The summed E-state index contributed by atoms with van der Waals surface area (Å²) >= 11 is 3.58. The Bertz CT molecular complexity index is 1840. The van der Waals surface area contributed by atoms with Crippen LogP contribution < -0.4 is 0 Å². The third-order valence-corrected chi connectivity index (χ3v) is 6.80. The van der Waals surface area contributed by atoms with Gasteiger partial charge in [0.1, 0.15) is 11.2 Å². The summed E-state index contributed by atoms with van der Waals surface area (Å²) in [5.74, 6) is 0.631. The van der Waals surface area contributed by atoms with E-state index in [2.05, 4.69) is 45.2 Å². The molecule has 5 aromatic carbocycles. The molecule has 38 heavy (non-hydrogen) atoms. The van der Waals surface area contributed by atoms with Crippen LogP contribution in [0.25, 0.3) is 33.1 Å². The molecule has 4 nitrogen and oxygen atoms in total. The lowest BCUT2D eigenvalue weighted by Gasteiger charge is -2.04. The summed E-state index contributed by atoms with van der Waals surface area (Å²) in [6.45, 7) is 0. The molecule has 0 unspecified atom stereocenters. The van der Waals surface area contributed by atoms with E-state index in [9.17, 15) is 0 Å². The first-order chi connectivity index (χ1) is 18.7. The van der Waals surface area contributed by atoms with E-state index in [1.807, 2.05) is 103 Å². The SMILES string of the molecule is N=C(N=C(N=Cc1cccc2oc3ccc(-c4cccc(Br)c4)cc3c12)c1ccccc1)c1ccccc1. The van der Waals surface area contributed by atoms with Gasteiger partial charge >= 0.3 is 0 Å². The Morgan fingerprint density at radius 1 is 0.684 bits per heavy atom. The topological polar surface area (TPSA) is 61.7 Å². The molecule has 1 aromatic heterocycles. The lowest BCUT2D eigenvalue weighted by atomic mass is 10.0. The lowest BCUT2D eigenvalue weighted by molar-refractivity contribution is 0.669. The molecule has 182 valence electrons. The molecule has 0 aliphatic carbocycles. The zero-order valence-electron chi connectivity index (χ0n) is 20.3. The van der Waals surface area contributed by atoms with Crippen molar-refractivity contribution in [2.75, 3.05) is 0 Å². The minimum atomic E-state index is 0.159. The Labute approximate surface area is 228 Å². The molecule has 0 aliphatic rings. The number of amidine groups is 2. The molecule has 0 radical (unpaired) electrons. The van der Waals surface area contributed by atoms with Gasteiger partial charge in [-0.2, -0.15) is 0 Å². The van der Waals surface area contributed by atoms with E-state index in [4.69, 9.17) is 14.8 Å². The van der Waals surface area contributed by atoms with Crippen LogP contribution in [0.15, 0.2) is 140 Å². The van der Waals surface area contributed by atoms with Crippen LogP contribution >= 0.6 is 15.9 Å². The maximum absolute atomic E-state index is 8.55. The van der Waals surface area contributed by atoms with E-state index >= 15 is 0 Å². The summed E-state index contributed by atoms with van der Waals surface area (Å²) < 4.78 is 7.22. The monoisotopic (exact) mass is 555 g/mol. The van der Waals surface area contributed by atoms with Gasteiger partial charge in [-0.3, -0.25) is 5.41 Å². The lowest BCUT2D eigenvalue weighted by Crippen LogP contribution is -2.04. The molecule has 0 spiro atoms. The number of fused-ring (bicyclic) bond motifs is 3. The van der Waals surface area contributed by atoms with Crippen LogP contribution in [0, 0.1) is 5.41 Å². The van der Waals surface area contributed by atoms with Crippen molar-refractivity contribution in [3.63, 3.8) is 0 Å². The van der Waals surface area contributed by atoms with E-state index in [-0.39, 0.29) is 5.84 Å². The van der Waals surface area contributed by atoms with Crippen molar-refractivity contribution in [1.29, 1.82) is 5.41 Å². The Balaban J connectivity index is 1.46. The van der Waals surface area contributed by atoms with Crippen molar-refractivity contribution in [3.8, 4) is 11.1 Å². The molecule has 0 aliphatic heterocycles. The summed E-state index contributed by atoms with van der Waals surface area (Å²) in [7, 11) is 0. The van der Waals surface area contributed by atoms with Gasteiger partial charge in [0, 0.05) is 38.2 Å². The van der Waals surface area contributed by atoms with Gasteiger partial charge in [0.15, 0.2) is 11.7 Å². The largest absolute Gasteiger partial charge is 0.456 e. The van der Waals surface area contributed by atoms with E-state index in [1.54, 1.807) is 0 Å². The standard InChI is InChI=1S/C33H22BrN3O/c34-27-15-7-13-24(19-27)25-17-18-29-28(20-25)31-26(14-8-16-30(31)38-29)21-36-33(23-11-5-2-6-12-23)37-32(35)22-9-3-1-4-10-22/h1-21,35H. The third-order valence-electron chi connectivity index (χ3n) is 6.31. The van der Waals surface area contributed by atoms with Crippen LogP contribution in [0.1, 0.15) is 16.7 Å². The highest BCUT2D eigenvalue weighted by Gasteiger charge is 2.12. The van der Waals surface area contributed by atoms with Crippen molar-refractivity contribution in [3.05, 3.63) is 142 Å². The van der Waals surface area contributed by atoms with Gasteiger partial charge in [-0.05, 0) is 41.5 Å². The average molecular weight is 556 g/mol. The first-order valence-corrected chi connectivity index (χ1v) is 13.0. The van der Waals surface area contributed by atoms with Crippen LogP contribution in [0.5, 0.6) is 0 Å². The van der Waals surface area contributed by atoms with Gasteiger partial charge in [-0.1, -0.05) is 107 Å². The second-order valence-electron chi connectivity index (χ2n) is 8.82. The van der Waals surface area contributed by atoms with Crippen LogP contribution in [0.3, 0.4) is 0 Å². The fourth-order valence-electron chi connectivity index (χ4n) is 4.46. The fraction of sp³-hybridized carbons (Fsp3) is 0. The molecule has 6 aromatic rings. The number of benzene rings is 5. The maximum Gasteiger partial charge on any atom is 0.161 e. The summed E-state index contributed by atoms with van der Waals surface area (Å²) in [5, 5.41) is 10.6. The molecule has 5 heteroatoms. The van der Waals surface area contributed by atoms with Gasteiger partial charge in [0.25, 0.3) is 0 Å². The van der Waals surface area contributed by atoms with Crippen molar-refractivity contribution in [2.45, 2.75) is 0 Å². The Hall–Kier alpha value is -4.61. The van der Waals surface area contributed by atoms with Gasteiger partial charge in [0.2, 0.25) is 0 Å². The van der Waals surface area contributed by atoms with Gasteiger partial charge in [-0.15, -0.1) is 0 Å². The molecule has 0 saturated carbocycles. The predicted molar refractivity (Wildman–Crippen MR) is 161 cm³/mol. The molecule has 1 N–H and O–H groups in total. The molecule has 0 fully saturated rings. The summed E-state index contributed by atoms with van der Waals surface area (Å²) in [4.78, 5) is 9.39. The van der Waals surface area contributed by atoms with Crippen LogP contribution in [-0.2, 0) is 0 Å². The smallest absolute Gasteiger partial charge is 0.161 e. The second-order valence-corrected chi connectivity index (χ2v) is 9.73. The first kappa shape index (κ1) is 23.8. The summed E-state index contributed by atoms with van der Waals surface area (Å²) in [6.07, 6.45) is 1.81. The Morgan fingerprint density at radius 3 is 2.16 bits per heavy atom. The van der Waals surface area contributed by atoms with Crippen molar-refractivity contribution in [2.24, 2.45) is 9.98 Å².